The Balaban J connectivity index is 2.83. The van der Waals surface area contributed by atoms with Crippen molar-refractivity contribution in [2.75, 3.05) is 0 Å². The fraction of sp³-hybridized carbons (Fsp3) is 0.909. The highest BCUT2D eigenvalue weighted by Gasteiger charge is 2.58. The molecule has 0 heterocycles. The van der Waals surface area contributed by atoms with E-state index < -0.39 is 23.7 Å². The summed E-state index contributed by atoms with van der Waals surface area (Å²) in [6.45, 7) is 3.07. The number of rotatable bonds is 2. The first-order valence-electron chi connectivity index (χ1n) is 5.58. The van der Waals surface area contributed by atoms with E-state index in [0.29, 0.717) is 12.8 Å². The molecule has 1 saturated carbocycles. The summed E-state index contributed by atoms with van der Waals surface area (Å²) in [4.78, 5) is 11.3. The molecule has 94 valence electrons. The molecule has 1 fully saturated rings. The molecule has 1 aliphatic rings. The van der Waals surface area contributed by atoms with Crippen molar-refractivity contribution < 1.29 is 22.7 Å². The minimum Gasteiger partial charge on any atom is -0.449 e. The highest BCUT2D eigenvalue weighted by atomic mass is 19.4. The van der Waals surface area contributed by atoms with Crippen LogP contribution in [-0.4, -0.2) is 17.7 Å². The fourth-order valence-electron chi connectivity index (χ4n) is 1.88. The van der Waals surface area contributed by atoms with E-state index in [9.17, 15) is 18.0 Å². The van der Waals surface area contributed by atoms with Crippen molar-refractivity contribution in [3.05, 3.63) is 0 Å². The van der Waals surface area contributed by atoms with Gasteiger partial charge in [0.2, 0.25) is 5.60 Å². The number of halogens is 3. The summed E-state index contributed by atoms with van der Waals surface area (Å²) in [7, 11) is 0. The van der Waals surface area contributed by atoms with Crippen LogP contribution in [0.15, 0.2) is 0 Å². The topological polar surface area (TPSA) is 26.3 Å². The average Bonchev–Trinajstić information content (AvgIpc) is 2.17. The molecule has 0 bridgehead atoms. The van der Waals surface area contributed by atoms with Gasteiger partial charge in [-0.15, -0.1) is 0 Å². The Morgan fingerprint density at radius 2 is 1.69 bits per heavy atom. The van der Waals surface area contributed by atoms with Crippen LogP contribution in [0.5, 0.6) is 0 Å². The lowest BCUT2D eigenvalue weighted by Gasteiger charge is -2.38. The van der Waals surface area contributed by atoms with Gasteiger partial charge < -0.3 is 4.74 Å². The average molecular weight is 238 g/mol. The third-order valence-corrected chi connectivity index (χ3v) is 2.95. The van der Waals surface area contributed by atoms with E-state index in [0.717, 1.165) is 6.42 Å². The Hall–Kier alpha value is -0.740. The zero-order valence-electron chi connectivity index (χ0n) is 9.56. The molecule has 0 atom stereocenters. The van der Waals surface area contributed by atoms with Crippen LogP contribution in [0.25, 0.3) is 0 Å². The highest BCUT2D eigenvalue weighted by molar-refractivity contribution is 5.72. The van der Waals surface area contributed by atoms with Gasteiger partial charge in [0.25, 0.3) is 0 Å². The number of alkyl halides is 3. The van der Waals surface area contributed by atoms with Gasteiger partial charge in [-0.3, -0.25) is 4.79 Å². The predicted octanol–water partition coefficient (Wildman–Crippen LogP) is 3.45. The predicted molar refractivity (Wildman–Crippen MR) is 52.8 cm³/mol. The third-order valence-electron chi connectivity index (χ3n) is 2.95. The monoisotopic (exact) mass is 238 g/mol. The van der Waals surface area contributed by atoms with E-state index >= 15 is 0 Å². The van der Waals surface area contributed by atoms with Gasteiger partial charge in [-0.05, 0) is 25.7 Å². The molecule has 5 heteroatoms. The first kappa shape index (κ1) is 13.3. The molecule has 0 aromatic rings. The number of esters is 1. The van der Waals surface area contributed by atoms with Gasteiger partial charge in [-0.2, -0.15) is 13.2 Å². The van der Waals surface area contributed by atoms with E-state index in [2.05, 4.69) is 0 Å². The lowest BCUT2D eigenvalue weighted by molar-refractivity contribution is -0.280. The SMILES string of the molecule is CC(C)C(=O)OC1(C(F)(F)F)CCCCC1. The number of hydrogen-bond acceptors (Lipinski definition) is 2. The maximum atomic E-state index is 12.9. The van der Waals surface area contributed by atoms with E-state index in [1.807, 2.05) is 0 Å². The molecular formula is C11H17F3O2. The van der Waals surface area contributed by atoms with Crippen LogP contribution in [0.2, 0.25) is 0 Å². The standard InChI is InChI=1S/C11H17F3O2/c1-8(2)9(15)16-10(11(12,13)14)6-4-3-5-7-10/h8H,3-7H2,1-2H3. The molecule has 0 aromatic heterocycles. The van der Waals surface area contributed by atoms with Crippen molar-refractivity contribution >= 4 is 5.97 Å². The number of carbonyl (C=O) groups excluding carboxylic acids is 1. The second kappa shape index (κ2) is 4.63. The van der Waals surface area contributed by atoms with Gasteiger partial charge in [0.05, 0.1) is 5.92 Å². The molecule has 0 radical (unpaired) electrons. The van der Waals surface area contributed by atoms with Gasteiger partial charge in [-0.25, -0.2) is 0 Å². The van der Waals surface area contributed by atoms with Crippen LogP contribution in [0.1, 0.15) is 46.0 Å². The fourth-order valence-corrected chi connectivity index (χ4v) is 1.88. The van der Waals surface area contributed by atoms with Crippen molar-refractivity contribution in [2.45, 2.75) is 57.7 Å². The number of ether oxygens (including phenoxy) is 1. The first-order valence-corrected chi connectivity index (χ1v) is 5.58. The largest absolute Gasteiger partial charge is 0.449 e. The second-order valence-electron chi connectivity index (χ2n) is 4.63. The lowest BCUT2D eigenvalue weighted by atomic mass is 9.84. The van der Waals surface area contributed by atoms with Gasteiger partial charge in [0, 0.05) is 0 Å². The van der Waals surface area contributed by atoms with Crippen LogP contribution in [0.4, 0.5) is 13.2 Å². The van der Waals surface area contributed by atoms with E-state index in [1.165, 1.54) is 13.8 Å². The van der Waals surface area contributed by atoms with Crippen molar-refractivity contribution in [3.63, 3.8) is 0 Å². The van der Waals surface area contributed by atoms with Gasteiger partial charge in [-0.1, -0.05) is 20.3 Å². The third kappa shape index (κ3) is 2.68. The minimum atomic E-state index is -4.46. The second-order valence-corrected chi connectivity index (χ2v) is 4.63. The Morgan fingerprint density at radius 3 is 2.06 bits per heavy atom. The Bertz CT molecular complexity index is 252. The normalized spacial score (nSPS) is 20.9. The van der Waals surface area contributed by atoms with Crippen LogP contribution < -0.4 is 0 Å². The van der Waals surface area contributed by atoms with E-state index in [1.54, 1.807) is 0 Å². The van der Waals surface area contributed by atoms with Gasteiger partial charge in [0.15, 0.2) is 0 Å². The van der Waals surface area contributed by atoms with Crippen LogP contribution >= 0.6 is 0 Å². The molecule has 16 heavy (non-hydrogen) atoms. The summed E-state index contributed by atoms with van der Waals surface area (Å²) in [5, 5.41) is 0. The molecule has 0 unspecified atom stereocenters. The van der Waals surface area contributed by atoms with Crippen molar-refractivity contribution in [1.29, 1.82) is 0 Å². The summed E-state index contributed by atoms with van der Waals surface area (Å²) in [5.41, 5.74) is -2.23. The molecular weight excluding hydrogens is 221 g/mol. The van der Waals surface area contributed by atoms with E-state index in [4.69, 9.17) is 4.74 Å². The molecule has 2 nitrogen and oxygen atoms in total. The van der Waals surface area contributed by atoms with Crippen LogP contribution in [0.3, 0.4) is 0 Å². The van der Waals surface area contributed by atoms with Gasteiger partial charge in [0.1, 0.15) is 0 Å². The van der Waals surface area contributed by atoms with Crippen molar-refractivity contribution in [3.8, 4) is 0 Å². The summed E-state index contributed by atoms with van der Waals surface area (Å²) in [6.07, 6.45) is -2.96. The molecule has 1 rings (SSSR count). The molecule has 0 saturated heterocycles. The Morgan fingerprint density at radius 1 is 1.19 bits per heavy atom. The zero-order chi connectivity index (χ0) is 12.4. The van der Waals surface area contributed by atoms with Crippen molar-refractivity contribution in [2.24, 2.45) is 5.92 Å². The van der Waals surface area contributed by atoms with Crippen LogP contribution in [0, 0.1) is 5.92 Å². The molecule has 0 aromatic carbocycles. The van der Waals surface area contributed by atoms with E-state index in [-0.39, 0.29) is 12.8 Å². The Kier molecular flexibility index (Phi) is 3.86. The van der Waals surface area contributed by atoms with Crippen LogP contribution in [-0.2, 0) is 9.53 Å². The number of hydrogen-bond donors (Lipinski definition) is 0. The summed E-state index contributed by atoms with van der Waals surface area (Å²) >= 11 is 0. The summed E-state index contributed by atoms with van der Waals surface area (Å²) in [5.74, 6) is -1.29. The minimum absolute atomic E-state index is 0.102. The first-order chi connectivity index (χ1) is 7.28. The lowest BCUT2D eigenvalue weighted by Crippen LogP contribution is -2.50. The molecule has 0 N–H and O–H groups in total. The molecule has 1 aliphatic carbocycles. The Labute approximate surface area is 93.2 Å². The molecule has 0 aliphatic heterocycles. The summed E-state index contributed by atoms with van der Waals surface area (Å²) in [6, 6.07) is 0. The zero-order valence-corrected chi connectivity index (χ0v) is 9.56. The maximum Gasteiger partial charge on any atom is 0.428 e. The highest BCUT2D eigenvalue weighted by Crippen LogP contribution is 2.44. The van der Waals surface area contributed by atoms with Gasteiger partial charge >= 0.3 is 12.1 Å². The molecule has 0 spiro atoms. The van der Waals surface area contributed by atoms with Crippen molar-refractivity contribution in [1.82, 2.24) is 0 Å². The summed E-state index contributed by atoms with van der Waals surface area (Å²) < 4.78 is 43.6. The smallest absolute Gasteiger partial charge is 0.428 e. The molecule has 0 amide bonds. The maximum absolute atomic E-state index is 12.9. The quantitative estimate of drug-likeness (QED) is 0.689. The number of carbonyl (C=O) groups is 1.